The molecule has 0 aliphatic rings. The summed E-state index contributed by atoms with van der Waals surface area (Å²) < 4.78 is 19.0. The van der Waals surface area contributed by atoms with Crippen molar-refractivity contribution in [2.45, 2.75) is 26.8 Å². The molecular formula is C17H19ClFNO. The van der Waals surface area contributed by atoms with E-state index in [1.165, 1.54) is 6.07 Å². The SMILES string of the molecule is CCCOc1ccc(Cl)cc1NCc1ccc(F)c(C)c1. The molecule has 0 amide bonds. The lowest BCUT2D eigenvalue weighted by Gasteiger charge is -2.14. The predicted octanol–water partition coefficient (Wildman–Crippen LogP) is 5.19. The van der Waals surface area contributed by atoms with Crippen LogP contribution in [0.1, 0.15) is 24.5 Å². The molecule has 0 atom stereocenters. The van der Waals surface area contributed by atoms with Gasteiger partial charge in [0.2, 0.25) is 0 Å². The molecule has 0 radical (unpaired) electrons. The monoisotopic (exact) mass is 307 g/mol. The van der Waals surface area contributed by atoms with Crippen LogP contribution in [0.2, 0.25) is 5.02 Å². The van der Waals surface area contributed by atoms with Crippen LogP contribution in [-0.2, 0) is 6.54 Å². The Bertz CT molecular complexity index is 616. The fraction of sp³-hybridized carbons (Fsp3) is 0.294. The minimum atomic E-state index is -0.187. The summed E-state index contributed by atoms with van der Waals surface area (Å²) in [4.78, 5) is 0. The molecule has 2 nitrogen and oxygen atoms in total. The molecule has 2 aromatic carbocycles. The number of hydrogen-bond acceptors (Lipinski definition) is 2. The molecule has 0 bridgehead atoms. The second-order valence-electron chi connectivity index (χ2n) is 4.93. The molecule has 21 heavy (non-hydrogen) atoms. The van der Waals surface area contributed by atoms with Gasteiger partial charge < -0.3 is 10.1 Å². The van der Waals surface area contributed by atoms with Crippen molar-refractivity contribution in [1.82, 2.24) is 0 Å². The first-order chi connectivity index (χ1) is 10.1. The van der Waals surface area contributed by atoms with E-state index in [9.17, 15) is 4.39 Å². The third-order valence-electron chi connectivity index (χ3n) is 3.11. The summed E-state index contributed by atoms with van der Waals surface area (Å²) in [6, 6.07) is 10.6. The van der Waals surface area contributed by atoms with E-state index >= 15 is 0 Å². The lowest BCUT2D eigenvalue weighted by atomic mass is 10.1. The summed E-state index contributed by atoms with van der Waals surface area (Å²) in [6.07, 6.45) is 0.944. The van der Waals surface area contributed by atoms with Crippen molar-refractivity contribution in [3.63, 3.8) is 0 Å². The largest absolute Gasteiger partial charge is 0.491 e. The van der Waals surface area contributed by atoms with Crippen molar-refractivity contribution in [2.75, 3.05) is 11.9 Å². The maximum absolute atomic E-state index is 13.3. The van der Waals surface area contributed by atoms with Gasteiger partial charge in [-0.25, -0.2) is 4.39 Å². The minimum absolute atomic E-state index is 0.187. The fourth-order valence-corrected chi connectivity index (χ4v) is 2.16. The molecule has 4 heteroatoms. The average Bonchev–Trinajstić information content (AvgIpc) is 2.47. The summed E-state index contributed by atoms with van der Waals surface area (Å²) in [5.41, 5.74) is 2.50. The van der Waals surface area contributed by atoms with Gasteiger partial charge in [-0.2, -0.15) is 0 Å². The van der Waals surface area contributed by atoms with Crippen molar-refractivity contribution in [3.8, 4) is 5.75 Å². The third kappa shape index (κ3) is 4.36. The first-order valence-corrected chi connectivity index (χ1v) is 7.39. The van der Waals surface area contributed by atoms with E-state index in [4.69, 9.17) is 16.3 Å². The normalized spacial score (nSPS) is 10.5. The number of benzene rings is 2. The summed E-state index contributed by atoms with van der Waals surface area (Å²) in [6.45, 7) is 5.06. The highest BCUT2D eigenvalue weighted by Gasteiger charge is 2.05. The molecule has 0 aliphatic carbocycles. The molecular weight excluding hydrogens is 289 g/mol. The fourth-order valence-electron chi connectivity index (χ4n) is 1.99. The molecule has 0 fully saturated rings. The summed E-state index contributed by atoms with van der Waals surface area (Å²) in [7, 11) is 0. The molecule has 1 N–H and O–H groups in total. The number of ether oxygens (including phenoxy) is 1. The van der Waals surface area contributed by atoms with E-state index in [2.05, 4.69) is 12.2 Å². The van der Waals surface area contributed by atoms with Gasteiger partial charge in [-0.3, -0.25) is 0 Å². The average molecular weight is 308 g/mol. The van der Waals surface area contributed by atoms with Crippen LogP contribution in [0.4, 0.5) is 10.1 Å². The van der Waals surface area contributed by atoms with Gasteiger partial charge in [-0.05, 0) is 48.7 Å². The highest BCUT2D eigenvalue weighted by Crippen LogP contribution is 2.28. The summed E-state index contributed by atoms with van der Waals surface area (Å²) in [5, 5.41) is 3.94. The van der Waals surface area contributed by atoms with Crippen LogP contribution in [-0.4, -0.2) is 6.61 Å². The molecule has 0 saturated heterocycles. The van der Waals surface area contributed by atoms with Crippen LogP contribution in [0.5, 0.6) is 5.75 Å². The molecule has 0 aliphatic heterocycles. The maximum atomic E-state index is 13.3. The topological polar surface area (TPSA) is 21.3 Å². The molecule has 0 saturated carbocycles. The number of halogens is 2. The first-order valence-electron chi connectivity index (χ1n) is 7.01. The van der Waals surface area contributed by atoms with E-state index < -0.39 is 0 Å². The van der Waals surface area contributed by atoms with Gasteiger partial charge in [0.05, 0.1) is 12.3 Å². The summed E-state index contributed by atoms with van der Waals surface area (Å²) >= 11 is 6.03. The molecule has 0 heterocycles. The number of hydrogen-bond donors (Lipinski definition) is 1. The maximum Gasteiger partial charge on any atom is 0.142 e. The van der Waals surface area contributed by atoms with Gasteiger partial charge in [-0.1, -0.05) is 30.7 Å². The molecule has 2 aromatic rings. The Morgan fingerprint density at radius 1 is 1.19 bits per heavy atom. The highest BCUT2D eigenvalue weighted by atomic mass is 35.5. The first kappa shape index (κ1) is 15.6. The Labute approximate surface area is 129 Å². The minimum Gasteiger partial charge on any atom is -0.491 e. The van der Waals surface area contributed by atoms with Crippen molar-refractivity contribution in [2.24, 2.45) is 0 Å². The van der Waals surface area contributed by atoms with E-state index in [1.807, 2.05) is 18.2 Å². The lowest BCUT2D eigenvalue weighted by Crippen LogP contribution is -2.04. The van der Waals surface area contributed by atoms with Crippen LogP contribution in [0, 0.1) is 12.7 Å². The Morgan fingerprint density at radius 2 is 2.00 bits per heavy atom. The van der Waals surface area contributed by atoms with Crippen LogP contribution in [0.15, 0.2) is 36.4 Å². The predicted molar refractivity (Wildman–Crippen MR) is 85.7 cm³/mol. The van der Waals surface area contributed by atoms with E-state index in [1.54, 1.807) is 19.1 Å². The number of aryl methyl sites for hydroxylation is 1. The summed E-state index contributed by atoms with van der Waals surface area (Å²) in [5.74, 6) is 0.591. The Balaban J connectivity index is 2.10. The van der Waals surface area contributed by atoms with Gasteiger partial charge >= 0.3 is 0 Å². The zero-order valence-corrected chi connectivity index (χ0v) is 13.0. The molecule has 112 valence electrons. The van der Waals surface area contributed by atoms with Gasteiger partial charge in [0.1, 0.15) is 11.6 Å². The Kier molecular flexibility index (Phi) is 5.45. The van der Waals surface area contributed by atoms with Gasteiger partial charge in [0.25, 0.3) is 0 Å². The number of rotatable bonds is 6. The standard InChI is InChI=1S/C17H19ClFNO/c1-3-8-21-17-7-5-14(18)10-16(17)20-11-13-4-6-15(19)12(2)9-13/h4-7,9-10,20H,3,8,11H2,1-2H3. The van der Waals surface area contributed by atoms with E-state index in [-0.39, 0.29) is 5.82 Å². The van der Waals surface area contributed by atoms with Crippen molar-refractivity contribution in [1.29, 1.82) is 0 Å². The van der Waals surface area contributed by atoms with Crippen molar-refractivity contribution in [3.05, 3.63) is 58.4 Å². The number of anilines is 1. The molecule has 2 rings (SSSR count). The lowest BCUT2D eigenvalue weighted by molar-refractivity contribution is 0.319. The van der Waals surface area contributed by atoms with Gasteiger partial charge in [0, 0.05) is 11.6 Å². The highest BCUT2D eigenvalue weighted by molar-refractivity contribution is 6.30. The Morgan fingerprint density at radius 3 is 2.71 bits per heavy atom. The third-order valence-corrected chi connectivity index (χ3v) is 3.34. The van der Waals surface area contributed by atoms with Gasteiger partial charge in [0.15, 0.2) is 0 Å². The molecule has 0 spiro atoms. The van der Waals surface area contributed by atoms with Crippen LogP contribution < -0.4 is 10.1 Å². The van der Waals surface area contributed by atoms with Gasteiger partial charge in [-0.15, -0.1) is 0 Å². The quantitative estimate of drug-likeness (QED) is 0.793. The Hall–Kier alpha value is -1.74. The smallest absolute Gasteiger partial charge is 0.142 e. The zero-order chi connectivity index (χ0) is 15.2. The second-order valence-corrected chi connectivity index (χ2v) is 5.36. The zero-order valence-electron chi connectivity index (χ0n) is 12.2. The number of nitrogens with one attached hydrogen (secondary N) is 1. The van der Waals surface area contributed by atoms with Crippen LogP contribution in [0.25, 0.3) is 0 Å². The molecule has 0 aromatic heterocycles. The molecule has 0 unspecified atom stereocenters. The van der Waals surface area contributed by atoms with Crippen LogP contribution >= 0.6 is 11.6 Å². The van der Waals surface area contributed by atoms with Crippen molar-refractivity contribution >= 4 is 17.3 Å². The van der Waals surface area contributed by atoms with E-state index in [0.29, 0.717) is 23.7 Å². The van der Waals surface area contributed by atoms with Crippen molar-refractivity contribution < 1.29 is 9.13 Å². The van der Waals surface area contributed by atoms with Crippen LogP contribution in [0.3, 0.4) is 0 Å². The van der Waals surface area contributed by atoms with E-state index in [0.717, 1.165) is 23.4 Å². The second kappa shape index (κ2) is 7.32.